The fourth-order valence-electron chi connectivity index (χ4n) is 1.49. The summed E-state index contributed by atoms with van der Waals surface area (Å²) in [5.74, 6) is -2.89. The van der Waals surface area contributed by atoms with Crippen molar-refractivity contribution in [2.75, 3.05) is 0 Å². The van der Waals surface area contributed by atoms with E-state index < -0.39 is 35.1 Å². The highest BCUT2D eigenvalue weighted by Crippen LogP contribution is 2.43. The molecule has 0 fully saturated rings. The Bertz CT molecular complexity index is 446. The Kier molecular flexibility index (Phi) is 3.56. The van der Waals surface area contributed by atoms with Gasteiger partial charge in [-0.25, -0.2) is 0 Å². The molecule has 102 valence electrons. The molecule has 0 heterocycles. The van der Waals surface area contributed by atoms with Gasteiger partial charge in [0, 0.05) is 0 Å². The monoisotopic (exact) mass is 272 g/mol. The summed E-state index contributed by atoms with van der Waals surface area (Å²) >= 11 is 0. The third-order valence-corrected chi connectivity index (χ3v) is 2.63. The fraction of sp³-hybridized carbons (Fsp3) is 0.455. The van der Waals surface area contributed by atoms with Gasteiger partial charge >= 0.3 is 12.4 Å². The van der Waals surface area contributed by atoms with Crippen LogP contribution in [0.2, 0.25) is 0 Å². The van der Waals surface area contributed by atoms with E-state index in [1.54, 1.807) is 0 Å². The third kappa shape index (κ3) is 2.88. The van der Waals surface area contributed by atoms with Crippen molar-refractivity contribution in [3.63, 3.8) is 0 Å². The van der Waals surface area contributed by atoms with Crippen LogP contribution >= 0.6 is 0 Å². The Morgan fingerprint density at radius 2 is 1.56 bits per heavy atom. The second-order valence-electron chi connectivity index (χ2n) is 3.99. The van der Waals surface area contributed by atoms with Crippen LogP contribution in [-0.2, 0) is 6.18 Å². The van der Waals surface area contributed by atoms with Crippen LogP contribution in [0.4, 0.5) is 26.3 Å². The first kappa shape index (κ1) is 14.7. The molecule has 0 saturated carbocycles. The van der Waals surface area contributed by atoms with Gasteiger partial charge in [-0.15, -0.1) is 0 Å². The molecule has 0 aliphatic carbocycles. The van der Waals surface area contributed by atoms with Crippen LogP contribution < -0.4 is 0 Å². The molecule has 1 rings (SSSR count). The quantitative estimate of drug-likeness (QED) is 0.752. The molecule has 0 saturated heterocycles. The number of phenols is 1. The Morgan fingerprint density at radius 3 is 1.94 bits per heavy atom. The van der Waals surface area contributed by atoms with Crippen molar-refractivity contribution in [3.05, 3.63) is 28.8 Å². The van der Waals surface area contributed by atoms with Gasteiger partial charge in [0.1, 0.15) is 5.75 Å². The first-order valence-electron chi connectivity index (χ1n) is 4.92. The number of aromatic hydroxyl groups is 1. The Morgan fingerprint density at radius 1 is 1.06 bits per heavy atom. The van der Waals surface area contributed by atoms with Crippen LogP contribution in [0.25, 0.3) is 0 Å². The molecule has 0 bridgehead atoms. The molecule has 18 heavy (non-hydrogen) atoms. The van der Waals surface area contributed by atoms with Gasteiger partial charge in [-0.3, -0.25) is 0 Å². The van der Waals surface area contributed by atoms with Gasteiger partial charge in [0.15, 0.2) is 0 Å². The van der Waals surface area contributed by atoms with Crippen LogP contribution in [0.15, 0.2) is 12.1 Å². The van der Waals surface area contributed by atoms with Crippen LogP contribution in [0, 0.1) is 6.92 Å². The smallest absolute Gasteiger partial charge is 0.416 e. The van der Waals surface area contributed by atoms with Crippen molar-refractivity contribution in [3.8, 4) is 5.75 Å². The maximum Gasteiger partial charge on any atom is 0.416 e. The zero-order valence-electron chi connectivity index (χ0n) is 9.45. The van der Waals surface area contributed by atoms with E-state index in [4.69, 9.17) is 0 Å². The topological polar surface area (TPSA) is 20.2 Å². The van der Waals surface area contributed by atoms with Crippen molar-refractivity contribution in [1.82, 2.24) is 0 Å². The minimum absolute atomic E-state index is 0.125. The van der Waals surface area contributed by atoms with Crippen molar-refractivity contribution in [2.24, 2.45) is 0 Å². The van der Waals surface area contributed by atoms with Crippen molar-refractivity contribution in [1.29, 1.82) is 0 Å². The normalized spacial score (nSPS) is 14.7. The second-order valence-corrected chi connectivity index (χ2v) is 3.99. The van der Waals surface area contributed by atoms with Gasteiger partial charge in [0.2, 0.25) is 0 Å². The van der Waals surface area contributed by atoms with Gasteiger partial charge in [-0.2, -0.15) is 26.3 Å². The van der Waals surface area contributed by atoms with Gasteiger partial charge in [-0.05, 0) is 37.1 Å². The first-order chi connectivity index (χ1) is 7.94. The number of hydrogen-bond donors (Lipinski definition) is 1. The highest BCUT2D eigenvalue weighted by Gasteiger charge is 2.43. The summed E-state index contributed by atoms with van der Waals surface area (Å²) in [5.41, 5.74) is -2.47. The number of alkyl halides is 6. The fourth-order valence-corrected chi connectivity index (χ4v) is 1.49. The van der Waals surface area contributed by atoms with Gasteiger partial charge in [-0.1, -0.05) is 0 Å². The van der Waals surface area contributed by atoms with E-state index >= 15 is 0 Å². The average molecular weight is 272 g/mol. The molecule has 0 aliphatic rings. The third-order valence-electron chi connectivity index (χ3n) is 2.63. The second kappa shape index (κ2) is 4.37. The Hall–Kier alpha value is -1.40. The summed E-state index contributed by atoms with van der Waals surface area (Å²) < 4.78 is 75.4. The predicted molar refractivity (Wildman–Crippen MR) is 52.3 cm³/mol. The molecular weight excluding hydrogens is 262 g/mol. The standard InChI is InChI=1S/C11H10F6O/c1-5-3-8(11(15,16)17)7(4-9(5)18)6(2)10(12,13)14/h3-4,6,18H,1-2H3. The molecule has 0 aliphatic heterocycles. The molecule has 0 spiro atoms. The minimum atomic E-state index is -4.90. The summed E-state index contributed by atoms with van der Waals surface area (Å²) in [7, 11) is 0. The first-order valence-corrected chi connectivity index (χ1v) is 4.92. The lowest BCUT2D eigenvalue weighted by Gasteiger charge is -2.21. The predicted octanol–water partition coefficient (Wildman–Crippen LogP) is 4.39. The lowest BCUT2D eigenvalue weighted by Crippen LogP contribution is -2.21. The van der Waals surface area contributed by atoms with Gasteiger partial charge < -0.3 is 5.11 Å². The number of aryl methyl sites for hydroxylation is 1. The maximum atomic E-state index is 12.7. The number of halogens is 6. The van der Waals surface area contributed by atoms with E-state index in [0.717, 1.165) is 0 Å². The number of phenolic OH excluding ortho intramolecular Hbond substituents is 1. The summed E-state index contributed by atoms with van der Waals surface area (Å²) in [6, 6.07) is 1.04. The summed E-state index contributed by atoms with van der Waals surface area (Å²) in [6.07, 6.45) is -9.70. The average Bonchev–Trinajstić information content (AvgIpc) is 2.17. The zero-order chi connectivity index (χ0) is 14.3. The minimum Gasteiger partial charge on any atom is -0.508 e. The zero-order valence-corrected chi connectivity index (χ0v) is 9.45. The van der Waals surface area contributed by atoms with E-state index in [9.17, 15) is 31.4 Å². The van der Waals surface area contributed by atoms with E-state index in [2.05, 4.69) is 0 Å². The number of rotatable bonds is 1. The Balaban J connectivity index is 3.47. The molecule has 1 N–H and O–H groups in total. The van der Waals surface area contributed by atoms with Crippen LogP contribution in [0.3, 0.4) is 0 Å². The number of benzene rings is 1. The van der Waals surface area contributed by atoms with Crippen LogP contribution in [-0.4, -0.2) is 11.3 Å². The Labute approximate surface area is 99.0 Å². The van der Waals surface area contributed by atoms with Crippen LogP contribution in [0.1, 0.15) is 29.5 Å². The molecule has 7 heteroatoms. The largest absolute Gasteiger partial charge is 0.508 e. The molecule has 0 aromatic heterocycles. The molecule has 1 unspecified atom stereocenters. The molecular formula is C11H10F6O. The lowest BCUT2D eigenvalue weighted by molar-refractivity contribution is -0.153. The molecule has 1 aromatic rings. The van der Waals surface area contributed by atoms with Gasteiger partial charge in [0.25, 0.3) is 0 Å². The van der Waals surface area contributed by atoms with Crippen molar-refractivity contribution < 1.29 is 31.4 Å². The molecule has 0 amide bonds. The van der Waals surface area contributed by atoms with E-state index in [-0.39, 0.29) is 5.56 Å². The van der Waals surface area contributed by atoms with Crippen LogP contribution in [0.5, 0.6) is 5.75 Å². The lowest BCUT2D eigenvalue weighted by atomic mass is 9.93. The van der Waals surface area contributed by atoms with E-state index in [0.29, 0.717) is 19.1 Å². The summed E-state index contributed by atoms with van der Waals surface area (Å²) in [4.78, 5) is 0. The summed E-state index contributed by atoms with van der Waals surface area (Å²) in [5, 5.41) is 9.27. The van der Waals surface area contributed by atoms with Crippen molar-refractivity contribution in [2.45, 2.75) is 32.1 Å². The maximum absolute atomic E-state index is 12.7. The van der Waals surface area contributed by atoms with E-state index in [1.165, 1.54) is 6.92 Å². The highest BCUT2D eigenvalue weighted by atomic mass is 19.4. The molecule has 1 nitrogen and oxygen atoms in total. The van der Waals surface area contributed by atoms with E-state index in [1.807, 2.05) is 0 Å². The molecule has 1 atom stereocenters. The highest BCUT2D eigenvalue weighted by molar-refractivity contribution is 5.44. The molecule has 1 aromatic carbocycles. The summed E-state index contributed by atoms with van der Waals surface area (Å²) in [6.45, 7) is 1.81. The molecule has 0 radical (unpaired) electrons. The van der Waals surface area contributed by atoms with Crippen molar-refractivity contribution >= 4 is 0 Å². The SMILES string of the molecule is Cc1cc(C(F)(F)F)c(C(C)C(F)(F)F)cc1O. The van der Waals surface area contributed by atoms with Gasteiger partial charge in [0.05, 0.1) is 11.5 Å². The number of hydrogen-bond acceptors (Lipinski definition) is 1.